The van der Waals surface area contributed by atoms with Gasteiger partial charge >= 0.3 is 0 Å². The average Bonchev–Trinajstić information content (AvgIpc) is 2.83. The highest BCUT2D eigenvalue weighted by molar-refractivity contribution is 7.99. The predicted octanol–water partition coefficient (Wildman–Crippen LogP) is 3.98. The van der Waals surface area contributed by atoms with Crippen molar-refractivity contribution in [1.82, 2.24) is 5.32 Å². The lowest BCUT2D eigenvalue weighted by Crippen LogP contribution is -2.21. The Labute approximate surface area is 148 Å². The number of carbonyl (C=O) groups excluding carboxylic acids is 2. The van der Waals surface area contributed by atoms with Crippen molar-refractivity contribution in [3.63, 3.8) is 0 Å². The van der Waals surface area contributed by atoms with Gasteiger partial charge in [-0.1, -0.05) is 0 Å². The summed E-state index contributed by atoms with van der Waals surface area (Å²) in [6.45, 7) is 3.79. The van der Waals surface area contributed by atoms with Gasteiger partial charge in [0.25, 0.3) is 5.91 Å². The smallest absolute Gasteiger partial charge is 0.254 e. The molecular formula is C17H19FN2O2S2. The van der Waals surface area contributed by atoms with Gasteiger partial charge < -0.3 is 10.6 Å². The number of hydrogen-bond acceptors (Lipinski definition) is 4. The molecule has 0 unspecified atom stereocenters. The maximum absolute atomic E-state index is 12.8. The highest BCUT2D eigenvalue weighted by Crippen LogP contribution is 2.32. The highest BCUT2D eigenvalue weighted by atomic mass is 32.2. The van der Waals surface area contributed by atoms with Gasteiger partial charge in [-0.05, 0) is 43.7 Å². The Morgan fingerprint density at radius 3 is 2.50 bits per heavy atom. The molecule has 2 amide bonds. The fourth-order valence-electron chi connectivity index (χ4n) is 2.09. The number of nitrogens with one attached hydrogen (secondary N) is 2. The van der Waals surface area contributed by atoms with Gasteiger partial charge in [-0.15, -0.1) is 23.1 Å². The molecule has 2 aromatic rings. The van der Waals surface area contributed by atoms with Gasteiger partial charge in [-0.2, -0.15) is 0 Å². The Hall–Kier alpha value is -1.86. The fraction of sp³-hybridized carbons (Fsp3) is 0.294. The van der Waals surface area contributed by atoms with E-state index in [1.807, 2.05) is 13.8 Å². The van der Waals surface area contributed by atoms with Crippen molar-refractivity contribution in [2.24, 2.45) is 0 Å². The second-order valence-electron chi connectivity index (χ2n) is 5.17. The summed E-state index contributed by atoms with van der Waals surface area (Å²) >= 11 is 2.89. The minimum atomic E-state index is -0.276. The summed E-state index contributed by atoms with van der Waals surface area (Å²) in [4.78, 5) is 26.0. The SMILES string of the molecule is CNC(=O)c1c(NC(=O)CCSc2ccc(F)cc2)sc(C)c1C. The zero-order valence-corrected chi connectivity index (χ0v) is 15.4. The summed E-state index contributed by atoms with van der Waals surface area (Å²) in [5.74, 6) is -0.0399. The number of hydrogen-bond donors (Lipinski definition) is 2. The largest absolute Gasteiger partial charge is 0.355 e. The van der Waals surface area contributed by atoms with Crippen molar-refractivity contribution in [3.8, 4) is 0 Å². The molecule has 0 aliphatic rings. The van der Waals surface area contributed by atoms with Crippen molar-refractivity contribution >= 4 is 39.9 Å². The molecule has 0 spiro atoms. The predicted molar refractivity (Wildman–Crippen MR) is 97.6 cm³/mol. The Balaban J connectivity index is 1.94. The second-order valence-corrected chi connectivity index (χ2v) is 7.56. The van der Waals surface area contributed by atoms with Gasteiger partial charge in [0.15, 0.2) is 0 Å². The Morgan fingerprint density at radius 2 is 1.88 bits per heavy atom. The van der Waals surface area contributed by atoms with Crippen LogP contribution >= 0.6 is 23.1 Å². The van der Waals surface area contributed by atoms with Crippen molar-refractivity contribution in [3.05, 3.63) is 46.1 Å². The molecule has 2 N–H and O–H groups in total. The number of aryl methyl sites for hydroxylation is 1. The average molecular weight is 366 g/mol. The van der Waals surface area contributed by atoms with Crippen LogP contribution in [-0.2, 0) is 4.79 Å². The van der Waals surface area contributed by atoms with Crippen molar-refractivity contribution < 1.29 is 14.0 Å². The van der Waals surface area contributed by atoms with Gasteiger partial charge in [0, 0.05) is 29.0 Å². The molecule has 2 rings (SSSR count). The van der Waals surface area contributed by atoms with Crippen LogP contribution in [0.5, 0.6) is 0 Å². The van der Waals surface area contributed by atoms with E-state index in [1.165, 1.54) is 35.2 Å². The van der Waals surface area contributed by atoms with Crippen molar-refractivity contribution in [1.29, 1.82) is 0 Å². The van der Waals surface area contributed by atoms with Gasteiger partial charge in [0.1, 0.15) is 10.8 Å². The molecule has 0 saturated heterocycles. The number of carbonyl (C=O) groups is 2. The summed E-state index contributed by atoms with van der Waals surface area (Å²) in [5.41, 5.74) is 1.41. The molecule has 128 valence electrons. The number of benzene rings is 1. The van der Waals surface area contributed by atoms with E-state index in [0.717, 1.165) is 15.3 Å². The van der Waals surface area contributed by atoms with Gasteiger partial charge in [0.2, 0.25) is 5.91 Å². The molecule has 0 saturated carbocycles. The summed E-state index contributed by atoms with van der Waals surface area (Å²) in [5, 5.41) is 6.01. The molecule has 0 bridgehead atoms. The molecule has 1 aromatic heterocycles. The number of thiophene rings is 1. The quantitative estimate of drug-likeness (QED) is 0.760. The molecule has 0 atom stereocenters. The second kappa shape index (κ2) is 8.30. The molecule has 0 fully saturated rings. The fourth-order valence-corrected chi connectivity index (χ4v) is 4.02. The molecule has 1 aromatic carbocycles. The van der Waals surface area contributed by atoms with Gasteiger partial charge in [-0.25, -0.2) is 4.39 Å². The lowest BCUT2D eigenvalue weighted by atomic mass is 10.1. The minimum Gasteiger partial charge on any atom is -0.355 e. The molecule has 7 heteroatoms. The molecule has 0 aliphatic carbocycles. The van der Waals surface area contributed by atoms with Gasteiger partial charge in [-0.3, -0.25) is 9.59 Å². The summed E-state index contributed by atoms with van der Waals surface area (Å²) in [6.07, 6.45) is 0.311. The zero-order valence-electron chi connectivity index (χ0n) is 13.7. The molecular weight excluding hydrogens is 347 g/mol. The molecule has 4 nitrogen and oxygen atoms in total. The first kappa shape index (κ1) is 18.5. The third-order valence-corrected chi connectivity index (χ3v) is 5.64. The Bertz CT molecular complexity index is 742. The maximum Gasteiger partial charge on any atom is 0.254 e. The first-order valence-electron chi connectivity index (χ1n) is 7.42. The van der Waals surface area contributed by atoms with E-state index in [1.54, 1.807) is 19.2 Å². The van der Waals surface area contributed by atoms with Crippen LogP contribution in [0.2, 0.25) is 0 Å². The topological polar surface area (TPSA) is 58.2 Å². The van der Waals surface area contributed by atoms with Crippen LogP contribution in [0.4, 0.5) is 9.39 Å². The third-order valence-electron chi connectivity index (χ3n) is 3.50. The van der Waals surface area contributed by atoms with Crippen LogP contribution in [-0.4, -0.2) is 24.6 Å². The molecule has 1 heterocycles. The van der Waals surface area contributed by atoms with Crippen molar-refractivity contribution in [2.75, 3.05) is 18.1 Å². The van der Waals surface area contributed by atoms with E-state index < -0.39 is 0 Å². The summed E-state index contributed by atoms with van der Waals surface area (Å²) in [6, 6.07) is 6.17. The van der Waals surface area contributed by atoms with E-state index in [-0.39, 0.29) is 17.6 Å². The van der Waals surface area contributed by atoms with Crippen LogP contribution in [0, 0.1) is 19.7 Å². The number of anilines is 1. The van der Waals surface area contributed by atoms with Crippen molar-refractivity contribution in [2.45, 2.75) is 25.2 Å². The standard InChI is InChI=1S/C17H19FN2O2S2/c1-10-11(2)24-17(15(10)16(22)19-3)20-14(21)8-9-23-13-6-4-12(18)5-7-13/h4-7H,8-9H2,1-3H3,(H,19,22)(H,20,21). The normalized spacial score (nSPS) is 10.5. The minimum absolute atomic E-state index is 0.143. The van der Waals surface area contributed by atoms with E-state index in [2.05, 4.69) is 10.6 Å². The lowest BCUT2D eigenvalue weighted by molar-refractivity contribution is -0.115. The van der Waals surface area contributed by atoms with E-state index >= 15 is 0 Å². The summed E-state index contributed by atoms with van der Waals surface area (Å²) in [7, 11) is 1.57. The lowest BCUT2D eigenvalue weighted by Gasteiger charge is -2.07. The number of halogens is 1. The third kappa shape index (κ3) is 4.58. The number of amides is 2. The maximum atomic E-state index is 12.8. The first-order chi connectivity index (χ1) is 11.4. The monoisotopic (exact) mass is 366 g/mol. The van der Waals surface area contributed by atoms with Crippen LogP contribution < -0.4 is 10.6 Å². The summed E-state index contributed by atoms with van der Waals surface area (Å²) < 4.78 is 12.8. The number of thioether (sulfide) groups is 1. The van der Waals surface area contributed by atoms with Crippen LogP contribution in [0.3, 0.4) is 0 Å². The highest BCUT2D eigenvalue weighted by Gasteiger charge is 2.19. The zero-order chi connectivity index (χ0) is 17.7. The number of rotatable bonds is 6. The van der Waals surface area contributed by atoms with E-state index in [0.29, 0.717) is 22.7 Å². The van der Waals surface area contributed by atoms with E-state index in [9.17, 15) is 14.0 Å². The van der Waals surface area contributed by atoms with Crippen LogP contribution in [0.1, 0.15) is 27.2 Å². The molecule has 0 aliphatic heterocycles. The molecule has 0 radical (unpaired) electrons. The van der Waals surface area contributed by atoms with Crippen LogP contribution in [0.25, 0.3) is 0 Å². The first-order valence-corrected chi connectivity index (χ1v) is 9.23. The van der Waals surface area contributed by atoms with Crippen LogP contribution in [0.15, 0.2) is 29.2 Å². The van der Waals surface area contributed by atoms with Gasteiger partial charge in [0.05, 0.1) is 5.56 Å². The van der Waals surface area contributed by atoms with E-state index in [4.69, 9.17) is 0 Å². The Kier molecular flexibility index (Phi) is 6.39. The molecule has 24 heavy (non-hydrogen) atoms. The Morgan fingerprint density at radius 1 is 1.21 bits per heavy atom.